The van der Waals surface area contributed by atoms with Gasteiger partial charge in [0.05, 0.1) is 9.79 Å². The molecule has 7 nitrogen and oxygen atoms in total. The molecule has 0 aliphatic heterocycles. The maximum atomic E-state index is 11.1. The monoisotopic (exact) mass is 295 g/mol. The van der Waals surface area contributed by atoms with Gasteiger partial charge in [0.15, 0.2) is 0 Å². The molecule has 0 aliphatic carbocycles. The molecule has 0 unspecified atom stereocenters. The van der Waals surface area contributed by atoms with Gasteiger partial charge in [-0.3, -0.25) is 9.11 Å². The molecule has 0 saturated heterocycles. The van der Waals surface area contributed by atoms with Crippen LogP contribution in [0.3, 0.4) is 0 Å². The topological polar surface area (TPSA) is 135 Å². The number of benzene rings is 1. The van der Waals surface area contributed by atoms with Crippen molar-refractivity contribution in [2.45, 2.75) is 22.6 Å². The highest BCUT2D eigenvalue weighted by atomic mass is 32.2. The average Bonchev–Trinajstić information content (AvgIpc) is 2.23. The maximum absolute atomic E-state index is 11.1. The van der Waals surface area contributed by atoms with Crippen LogP contribution < -0.4 is 5.73 Å². The zero-order valence-electron chi connectivity index (χ0n) is 9.27. The van der Waals surface area contributed by atoms with Crippen LogP contribution in [0.4, 0.5) is 0 Å². The van der Waals surface area contributed by atoms with Crippen molar-refractivity contribution in [3.05, 3.63) is 23.8 Å². The average molecular weight is 295 g/mol. The first-order chi connectivity index (χ1) is 8.16. The van der Waals surface area contributed by atoms with E-state index in [2.05, 4.69) is 0 Å². The lowest BCUT2D eigenvalue weighted by atomic mass is 10.1. The van der Waals surface area contributed by atoms with Crippen LogP contribution in [-0.4, -0.2) is 32.5 Å². The highest BCUT2D eigenvalue weighted by molar-refractivity contribution is 7.86. The van der Waals surface area contributed by atoms with Crippen LogP contribution in [0, 0.1) is 0 Å². The first-order valence-electron chi connectivity index (χ1n) is 4.94. The fraction of sp³-hybridized carbons (Fsp3) is 0.333. The predicted molar refractivity (Wildman–Crippen MR) is 63.4 cm³/mol. The summed E-state index contributed by atoms with van der Waals surface area (Å²) in [6.45, 7) is 0.324. The van der Waals surface area contributed by atoms with Gasteiger partial charge in [-0.25, -0.2) is 0 Å². The highest BCUT2D eigenvalue weighted by Gasteiger charge is 2.19. The van der Waals surface area contributed by atoms with Crippen molar-refractivity contribution in [3.8, 4) is 0 Å². The molecule has 1 rings (SSSR count). The Morgan fingerprint density at radius 2 is 1.67 bits per heavy atom. The summed E-state index contributed by atoms with van der Waals surface area (Å²) < 4.78 is 61.9. The number of hydrogen-bond acceptors (Lipinski definition) is 5. The van der Waals surface area contributed by atoms with E-state index in [0.29, 0.717) is 13.0 Å². The number of hydrogen-bond donors (Lipinski definition) is 3. The highest BCUT2D eigenvalue weighted by Crippen LogP contribution is 2.21. The molecule has 1 aromatic rings. The first kappa shape index (κ1) is 15.1. The SMILES string of the molecule is NCCCc1ccc(S(=O)(=O)O)cc1S(=O)(=O)O. The number of nitrogens with two attached hydrogens (primary N) is 1. The van der Waals surface area contributed by atoms with Gasteiger partial charge >= 0.3 is 0 Å². The lowest BCUT2D eigenvalue weighted by Crippen LogP contribution is -2.08. The maximum Gasteiger partial charge on any atom is 0.294 e. The Hall–Kier alpha value is -1.00. The van der Waals surface area contributed by atoms with Crippen LogP contribution in [0.1, 0.15) is 12.0 Å². The molecule has 0 aromatic heterocycles. The van der Waals surface area contributed by atoms with Gasteiger partial charge in [0.25, 0.3) is 20.2 Å². The van der Waals surface area contributed by atoms with E-state index in [4.69, 9.17) is 14.8 Å². The summed E-state index contributed by atoms with van der Waals surface area (Å²) in [5.41, 5.74) is 5.53. The lowest BCUT2D eigenvalue weighted by molar-refractivity contribution is 0.480. The predicted octanol–water partition coefficient (Wildman–Crippen LogP) is 0.0713. The molecule has 0 bridgehead atoms. The van der Waals surface area contributed by atoms with Crippen molar-refractivity contribution >= 4 is 20.2 Å². The molecule has 4 N–H and O–H groups in total. The van der Waals surface area contributed by atoms with Crippen molar-refractivity contribution in [2.75, 3.05) is 6.54 Å². The van der Waals surface area contributed by atoms with Crippen LogP contribution in [0.5, 0.6) is 0 Å². The van der Waals surface area contributed by atoms with Crippen LogP contribution in [0.15, 0.2) is 28.0 Å². The van der Waals surface area contributed by atoms with Crippen LogP contribution in [-0.2, 0) is 26.7 Å². The molecule has 18 heavy (non-hydrogen) atoms. The van der Waals surface area contributed by atoms with Crippen molar-refractivity contribution in [2.24, 2.45) is 5.73 Å². The minimum absolute atomic E-state index is 0.246. The molecule has 0 aliphatic rings. The minimum Gasteiger partial charge on any atom is -0.330 e. The normalized spacial score (nSPS) is 12.6. The third kappa shape index (κ3) is 3.75. The summed E-state index contributed by atoms with van der Waals surface area (Å²) in [6, 6.07) is 3.01. The summed E-state index contributed by atoms with van der Waals surface area (Å²) in [5.74, 6) is 0. The van der Waals surface area contributed by atoms with Crippen molar-refractivity contribution in [3.63, 3.8) is 0 Å². The summed E-state index contributed by atoms with van der Waals surface area (Å²) in [6.07, 6.45) is 0.755. The van der Waals surface area contributed by atoms with Crippen molar-refractivity contribution in [1.29, 1.82) is 0 Å². The molecule has 0 atom stereocenters. The van der Waals surface area contributed by atoms with Gasteiger partial charge in [-0.2, -0.15) is 16.8 Å². The Balaban J connectivity index is 3.40. The third-order valence-corrected chi connectivity index (χ3v) is 4.05. The van der Waals surface area contributed by atoms with Gasteiger partial charge < -0.3 is 5.73 Å². The largest absolute Gasteiger partial charge is 0.330 e. The Morgan fingerprint density at radius 3 is 2.11 bits per heavy atom. The molecule has 0 radical (unpaired) electrons. The zero-order valence-corrected chi connectivity index (χ0v) is 10.9. The Kier molecular flexibility index (Phi) is 4.46. The van der Waals surface area contributed by atoms with E-state index in [9.17, 15) is 16.8 Å². The second-order valence-electron chi connectivity index (χ2n) is 3.61. The van der Waals surface area contributed by atoms with Crippen molar-refractivity contribution < 1.29 is 25.9 Å². The van der Waals surface area contributed by atoms with E-state index in [1.54, 1.807) is 0 Å². The summed E-state index contributed by atoms with van der Waals surface area (Å²) >= 11 is 0. The molecule has 9 heteroatoms. The van der Waals surface area contributed by atoms with Gasteiger partial charge in [0, 0.05) is 0 Å². The van der Waals surface area contributed by atoms with Gasteiger partial charge in [-0.05, 0) is 37.1 Å². The molecule has 1 aromatic carbocycles. The van der Waals surface area contributed by atoms with Gasteiger partial charge in [0.1, 0.15) is 0 Å². The third-order valence-electron chi connectivity index (χ3n) is 2.26. The molecule has 102 valence electrons. The summed E-state index contributed by atoms with van der Waals surface area (Å²) in [5, 5.41) is 0. The first-order valence-corrected chi connectivity index (χ1v) is 7.82. The van der Waals surface area contributed by atoms with Crippen molar-refractivity contribution in [1.82, 2.24) is 0 Å². The fourth-order valence-electron chi connectivity index (χ4n) is 1.43. The van der Waals surface area contributed by atoms with E-state index < -0.39 is 30.0 Å². The minimum atomic E-state index is -4.56. The summed E-state index contributed by atoms with van der Waals surface area (Å²) in [7, 11) is -9.09. The molecule has 0 amide bonds. The van der Waals surface area contributed by atoms with Crippen LogP contribution >= 0.6 is 0 Å². The molecule has 0 saturated carbocycles. The van der Waals surface area contributed by atoms with Gasteiger partial charge in [-0.1, -0.05) is 6.07 Å². The zero-order chi connectivity index (χ0) is 14.0. The number of aryl methyl sites for hydroxylation is 1. The molecular formula is C9H13NO6S2. The van der Waals surface area contributed by atoms with Gasteiger partial charge in [-0.15, -0.1) is 0 Å². The van der Waals surface area contributed by atoms with Crippen LogP contribution in [0.2, 0.25) is 0 Å². The Bertz CT molecular complexity index is 635. The lowest BCUT2D eigenvalue weighted by Gasteiger charge is -2.08. The number of rotatable bonds is 5. The molecule has 0 spiro atoms. The quantitative estimate of drug-likeness (QED) is 0.654. The standard InChI is InChI=1S/C9H13NO6S2/c10-5-1-2-7-3-4-8(17(11,12)13)6-9(7)18(14,15)16/h3-4,6H,1-2,5,10H2,(H,11,12,13)(H,14,15,16). The fourth-order valence-corrected chi connectivity index (χ4v) is 2.79. The second kappa shape index (κ2) is 5.33. The van der Waals surface area contributed by atoms with E-state index >= 15 is 0 Å². The Labute approximate surface area is 105 Å². The Morgan fingerprint density at radius 1 is 1.06 bits per heavy atom. The van der Waals surface area contributed by atoms with E-state index in [1.165, 1.54) is 6.07 Å². The van der Waals surface area contributed by atoms with E-state index in [0.717, 1.165) is 12.1 Å². The molecule has 0 heterocycles. The van der Waals surface area contributed by atoms with Gasteiger partial charge in [0.2, 0.25) is 0 Å². The molecule has 0 fully saturated rings. The summed E-state index contributed by atoms with van der Waals surface area (Å²) in [4.78, 5) is -1.13. The van der Waals surface area contributed by atoms with E-state index in [-0.39, 0.29) is 12.0 Å². The second-order valence-corrected chi connectivity index (χ2v) is 6.42. The van der Waals surface area contributed by atoms with E-state index in [1.807, 2.05) is 0 Å². The van der Waals surface area contributed by atoms with Crippen LogP contribution in [0.25, 0.3) is 0 Å². The molecular weight excluding hydrogens is 282 g/mol. The smallest absolute Gasteiger partial charge is 0.294 e.